The van der Waals surface area contributed by atoms with Crippen molar-refractivity contribution in [1.29, 1.82) is 0 Å². The number of anilines is 3. The van der Waals surface area contributed by atoms with Crippen molar-refractivity contribution < 1.29 is 24.0 Å². The van der Waals surface area contributed by atoms with Gasteiger partial charge in [0.05, 0.1) is 18.8 Å². The molecule has 8 nitrogen and oxygen atoms in total. The molecule has 1 atom stereocenters. The van der Waals surface area contributed by atoms with Gasteiger partial charge in [0.2, 0.25) is 5.91 Å². The maximum Gasteiger partial charge on any atom is 0.279 e. The van der Waals surface area contributed by atoms with Crippen LogP contribution in [0.25, 0.3) is 0 Å². The van der Waals surface area contributed by atoms with E-state index in [1.807, 2.05) is 26.0 Å². The molecule has 0 saturated heterocycles. The van der Waals surface area contributed by atoms with Gasteiger partial charge in [0.1, 0.15) is 5.75 Å². The molecule has 0 fully saturated rings. The maximum atomic E-state index is 12.4. The molecule has 30 heavy (non-hydrogen) atoms. The summed E-state index contributed by atoms with van der Waals surface area (Å²) in [6.07, 6.45) is 0. The molecule has 0 saturated carbocycles. The molecule has 2 aromatic rings. The maximum absolute atomic E-state index is 12.4. The molecule has 3 amide bonds. The van der Waals surface area contributed by atoms with Gasteiger partial charge in [0.15, 0.2) is 13.1 Å². The molecule has 0 spiro atoms. The Kier molecular flexibility index (Phi) is 8.83. The molecule has 0 aromatic heterocycles. The lowest BCUT2D eigenvalue weighted by Crippen LogP contribution is -3.13. The van der Waals surface area contributed by atoms with Crippen molar-refractivity contribution in [2.45, 2.75) is 20.8 Å². The van der Waals surface area contributed by atoms with Crippen molar-refractivity contribution in [1.82, 2.24) is 0 Å². The summed E-state index contributed by atoms with van der Waals surface area (Å²) in [5, 5.41) is 8.34. The summed E-state index contributed by atoms with van der Waals surface area (Å²) in [6, 6.07) is 14.1. The second-order valence-electron chi connectivity index (χ2n) is 6.74. The van der Waals surface area contributed by atoms with E-state index in [-0.39, 0.29) is 30.8 Å². The Morgan fingerprint density at radius 1 is 0.833 bits per heavy atom. The van der Waals surface area contributed by atoms with Crippen molar-refractivity contribution in [3.8, 4) is 5.75 Å². The van der Waals surface area contributed by atoms with E-state index in [1.165, 1.54) is 6.92 Å². The summed E-state index contributed by atoms with van der Waals surface area (Å²) in [5.41, 5.74) is 1.90. The Morgan fingerprint density at radius 3 is 1.97 bits per heavy atom. The SMILES string of the molecule is CCOc1ccccc1NC(=O)C[NH+](CC)CC(=O)Nc1ccc(NC(C)=O)cc1. The van der Waals surface area contributed by atoms with Crippen LogP contribution in [0.4, 0.5) is 17.1 Å². The fourth-order valence-electron chi connectivity index (χ4n) is 2.86. The first kappa shape index (κ1) is 22.9. The number of hydrogen-bond acceptors (Lipinski definition) is 4. The summed E-state index contributed by atoms with van der Waals surface area (Å²) < 4.78 is 5.52. The van der Waals surface area contributed by atoms with Crippen molar-refractivity contribution >= 4 is 34.8 Å². The molecule has 0 radical (unpaired) electrons. The zero-order chi connectivity index (χ0) is 21.9. The summed E-state index contributed by atoms with van der Waals surface area (Å²) in [4.78, 5) is 36.7. The zero-order valence-electron chi connectivity index (χ0n) is 17.6. The summed E-state index contributed by atoms with van der Waals surface area (Å²) in [6.45, 7) is 6.68. The first-order chi connectivity index (χ1) is 14.4. The third-order valence-electron chi connectivity index (χ3n) is 4.27. The summed E-state index contributed by atoms with van der Waals surface area (Å²) >= 11 is 0. The van der Waals surface area contributed by atoms with Crippen molar-refractivity contribution in [3.63, 3.8) is 0 Å². The van der Waals surface area contributed by atoms with Gasteiger partial charge in [-0.3, -0.25) is 14.4 Å². The van der Waals surface area contributed by atoms with Gasteiger partial charge in [-0.1, -0.05) is 12.1 Å². The second-order valence-corrected chi connectivity index (χ2v) is 6.74. The fraction of sp³-hybridized carbons (Fsp3) is 0.318. The molecule has 1 unspecified atom stereocenters. The third-order valence-corrected chi connectivity index (χ3v) is 4.27. The van der Waals surface area contributed by atoms with Gasteiger partial charge in [0, 0.05) is 18.3 Å². The van der Waals surface area contributed by atoms with E-state index in [2.05, 4.69) is 16.0 Å². The van der Waals surface area contributed by atoms with E-state index in [0.29, 0.717) is 36.0 Å². The average Bonchev–Trinajstić information content (AvgIpc) is 2.70. The molecular formula is C22H29N4O4+. The highest BCUT2D eigenvalue weighted by atomic mass is 16.5. The highest BCUT2D eigenvalue weighted by Gasteiger charge is 2.18. The number of ether oxygens (including phenoxy) is 1. The molecule has 0 bridgehead atoms. The molecule has 4 N–H and O–H groups in total. The second kappa shape index (κ2) is 11.6. The predicted molar refractivity (Wildman–Crippen MR) is 117 cm³/mol. The largest absolute Gasteiger partial charge is 0.492 e. The molecule has 2 aromatic carbocycles. The van der Waals surface area contributed by atoms with Gasteiger partial charge in [-0.15, -0.1) is 0 Å². The minimum atomic E-state index is -0.193. The lowest BCUT2D eigenvalue weighted by Gasteiger charge is -2.18. The third kappa shape index (κ3) is 7.56. The van der Waals surface area contributed by atoms with Crippen LogP contribution in [0.5, 0.6) is 5.75 Å². The number of carbonyl (C=O) groups excluding carboxylic acids is 3. The molecule has 0 aliphatic carbocycles. The van der Waals surface area contributed by atoms with Crippen LogP contribution in [0.3, 0.4) is 0 Å². The van der Waals surface area contributed by atoms with Gasteiger partial charge >= 0.3 is 0 Å². The van der Waals surface area contributed by atoms with Crippen LogP contribution in [-0.2, 0) is 14.4 Å². The van der Waals surface area contributed by atoms with Gasteiger partial charge in [-0.05, 0) is 50.2 Å². The number of quaternary nitrogens is 1. The highest BCUT2D eigenvalue weighted by Crippen LogP contribution is 2.23. The van der Waals surface area contributed by atoms with Crippen LogP contribution in [0.2, 0.25) is 0 Å². The Morgan fingerprint density at radius 2 is 1.40 bits per heavy atom. The minimum Gasteiger partial charge on any atom is -0.492 e. The molecule has 2 rings (SSSR count). The van der Waals surface area contributed by atoms with Crippen LogP contribution in [-0.4, -0.2) is 44.0 Å². The first-order valence-corrected chi connectivity index (χ1v) is 9.94. The minimum absolute atomic E-state index is 0.156. The summed E-state index contributed by atoms with van der Waals surface area (Å²) in [5.74, 6) is 0.0797. The highest BCUT2D eigenvalue weighted by molar-refractivity contribution is 5.94. The topological polar surface area (TPSA) is 101 Å². The Balaban J connectivity index is 1.88. The standard InChI is InChI=1S/C22H28N4O4/c1-4-26(15-22(29)25-19-8-6-7-9-20(19)30-5-2)14-21(28)24-18-12-10-17(11-13-18)23-16(3)27/h6-13H,4-5,14-15H2,1-3H3,(H,23,27)(H,24,28)(H,25,29)/p+1. The smallest absolute Gasteiger partial charge is 0.279 e. The van der Waals surface area contributed by atoms with E-state index in [0.717, 1.165) is 4.90 Å². The normalized spacial score (nSPS) is 11.3. The van der Waals surface area contributed by atoms with Crippen LogP contribution in [0, 0.1) is 0 Å². The van der Waals surface area contributed by atoms with Crippen molar-refractivity contribution in [2.75, 3.05) is 42.2 Å². The predicted octanol–water partition coefficient (Wildman–Crippen LogP) is 1.53. The van der Waals surface area contributed by atoms with Crippen LogP contribution >= 0.6 is 0 Å². The number of benzene rings is 2. The fourth-order valence-corrected chi connectivity index (χ4v) is 2.86. The number of amides is 3. The van der Waals surface area contributed by atoms with Crippen LogP contribution in [0.1, 0.15) is 20.8 Å². The Bertz CT molecular complexity index is 868. The van der Waals surface area contributed by atoms with Crippen LogP contribution < -0.4 is 25.6 Å². The van der Waals surface area contributed by atoms with Crippen molar-refractivity contribution in [2.24, 2.45) is 0 Å². The Hall–Kier alpha value is -3.39. The van der Waals surface area contributed by atoms with Gasteiger partial charge in [-0.2, -0.15) is 0 Å². The summed E-state index contributed by atoms with van der Waals surface area (Å²) in [7, 11) is 0. The van der Waals surface area contributed by atoms with E-state index in [4.69, 9.17) is 4.74 Å². The zero-order valence-corrected chi connectivity index (χ0v) is 17.6. The monoisotopic (exact) mass is 413 g/mol. The number of hydrogen-bond donors (Lipinski definition) is 4. The lowest BCUT2D eigenvalue weighted by atomic mass is 10.2. The molecule has 0 aliphatic heterocycles. The Labute approximate surface area is 176 Å². The van der Waals surface area contributed by atoms with Gasteiger partial charge in [-0.25, -0.2) is 0 Å². The quantitative estimate of drug-likeness (QED) is 0.474. The molecule has 8 heteroatoms. The molecule has 0 heterocycles. The van der Waals surface area contributed by atoms with Gasteiger partial charge < -0.3 is 25.6 Å². The van der Waals surface area contributed by atoms with E-state index in [1.54, 1.807) is 36.4 Å². The van der Waals surface area contributed by atoms with Crippen molar-refractivity contribution in [3.05, 3.63) is 48.5 Å². The van der Waals surface area contributed by atoms with Crippen LogP contribution in [0.15, 0.2) is 48.5 Å². The van der Waals surface area contributed by atoms with E-state index < -0.39 is 0 Å². The number of para-hydroxylation sites is 2. The first-order valence-electron chi connectivity index (χ1n) is 9.94. The number of rotatable bonds is 10. The lowest BCUT2D eigenvalue weighted by molar-refractivity contribution is -0.881. The number of nitrogens with one attached hydrogen (secondary N) is 4. The van der Waals surface area contributed by atoms with E-state index >= 15 is 0 Å². The average molecular weight is 413 g/mol. The number of carbonyl (C=O) groups is 3. The van der Waals surface area contributed by atoms with E-state index in [9.17, 15) is 14.4 Å². The molecular weight excluding hydrogens is 384 g/mol. The number of likely N-dealkylation sites (N-methyl/N-ethyl adjacent to an activating group) is 1. The molecule has 160 valence electrons. The molecule has 0 aliphatic rings. The van der Waals surface area contributed by atoms with Gasteiger partial charge in [0.25, 0.3) is 11.8 Å².